The van der Waals surface area contributed by atoms with Gasteiger partial charge < -0.3 is 5.11 Å². The lowest BCUT2D eigenvalue weighted by Crippen LogP contribution is -2.39. The SMILES string of the molecule is N=C1CCC(O)CN1O. The van der Waals surface area contributed by atoms with Crippen LogP contribution in [0.3, 0.4) is 0 Å². The van der Waals surface area contributed by atoms with Crippen molar-refractivity contribution in [2.75, 3.05) is 6.54 Å². The number of rotatable bonds is 0. The van der Waals surface area contributed by atoms with E-state index >= 15 is 0 Å². The molecule has 1 unspecified atom stereocenters. The zero-order valence-electron chi connectivity index (χ0n) is 5.04. The van der Waals surface area contributed by atoms with Crippen LogP contribution in [0.25, 0.3) is 0 Å². The van der Waals surface area contributed by atoms with Crippen molar-refractivity contribution in [3.05, 3.63) is 0 Å². The van der Waals surface area contributed by atoms with Gasteiger partial charge in [-0.05, 0) is 6.42 Å². The number of hydroxylamine groups is 2. The van der Waals surface area contributed by atoms with Crippen molar-refractivity contribution in [1.29, 1.82) is 5.41 Å². The number of hydrogen-bond donors (Lipinski definition) is 3. The first-order valence-electron chi connectivity index (χ1n) is 2.92. The second-order valence-electron chi connectivity index (χ2n) is 2.22. The van der Waals surface area contributed by atoms with Crippen molar-refractivity contribution in [3.8, 4) is 0 Å². The summed E-state index contributed by atoms with van der Waals surface area (Å²) in [6, 6.07) is 0. The molecule has 0 spiro atoms. The first-order chi connectivity index (χ1) is 4.20. The molecule has 0 amide bonds. The monoisotopic (exact) mass is 130 g/mol. The zero-order chi connectivity index (χ0) is 6.85. The molecule has 52 valence electrons. The van der Waals surface area contributed by atoms with Crippen LogP contribution in [0.5, 0.6) is 0 Å². The predicted octanol–water partition coefficient (Wildman–Crippen LogP) is -0.190. The van der Waals surface area contributed by atoms with Gasteiger partial charge in [-0.15, -0.1) is 0 Å². The third-order valence-corrected chi connectivity index (χ3v) is 1.41. The molecular formula is C5H10N2O2. The smallest absolute Gasteiger partial charge is 0.121 e. The second-order valence-corrected chi connectivity index (χ2v) is 2.22. The molecule has 9 heavy (non-hydrogen) atoms. The lowest BCUT2D eigenvalue weighted by atomic mass is 10.1. The topological polar surface area (TPSA) is 67.5 Å². The number of nitrogens with one attached hydrogen (secondary N) is 1. The molecular weight excluding hydrogens is 120 g/mol. The molecule has 4 heteroatoms. The molecule has 1 fully saturated rings. The summed E-state index contributed by atoms with van der Waals surface area (Å²) in [7, 11) is 0. The number of β-amino-alcohol motifs (C(OH)–C–C–N with tert-alkyl or cyclic N) is 1. The standard InChI is InChI=1S/C5H10N2O2/c6-5-2-1-4(8)3-7(5)9/h4,6,8-9H,1-3H2. The molecule has 0 aliphatic carbocycles. The van der Waals surface area contributed by atoms with Gasteiger partial charge in [-0.3, -0.25) is 10.6 Å². The summed E-state index contributed by atoms with van der Waals surface area (Å²) in [5, 5.41) is 25.5. The zero-order valence-corrected chi connectivity index (χ0v) is 5.04. The fraction of sp³-hybridized carbons (Fsp3) is 0.800. The van der Waals surface area contributed by atoms with Gasteiger partial charge in [0, 0.05) is 6.42 Å². The molecule has 0 aromatic carbocycles. The van der Waals surface area contributed by atoms with Gasteiger partial charge in [0.05, 0.1) is 12.6 Å². The van der Waals surface area contributed by atoms with Gasteiger partial charge in [-0.2, -0.15) is 0 Å². The van der Waals surface area contributed by atoms with E-state index in [9.17, 15) is 0 Å². The third-order valence-electron chi connectivity index (χ3n) is 1.41. The summed E-state index contributed by atoms with van der Waals surface area (Å²) >= 11 is 0. The maximum absolute atomic E-state index is 8.90. The van der Waals surface area contributed by atoms with Crippen molar-refractivity contribution < 1.29 is 10.3 Å². The Hall–Kier alpha value is -0.610. The van der Waals surface area contributed by atoms with Crippen LogP contribution in [0.1, 0.15) is 12.8 Å². The van der Waals surface area contributed by atoms with Crippen LogP contribution in [0, 0.1) is 5.41 Å². The Morgan fingerprint density at radius 1 is 1.67 bits per heavy atom. The van der Waals surface area contributed by atoms with E-state index in [-0.39, 0.29) is 12.4 Å². The van der Waals surface area contributed by atoms with E-state index in [0.29, 0.717) is 12.8 Å². The first kappa shape index (κ1) is 6.51. The third kappa shape index (κ3) is 1.40. The van der Waals surface area contributed by atoms with Gasteiger partial charge in [-0.1, -0.05) is 0 Å². The van der Waals surface area contributed by atoms with Crippen LogP contribution in [-0.4, -0.2) is 33.9 Å². The molecule has 0 bridgehead atoms. The van der Waals surface area contributed by atoms with Crippen LogP contribution < -0.4 is 0 Å². The minimum Gasteiger partial charge on any atom is -0.391 e. The minimum atomic E-state index is -0.468. The molecule has 1 saturated heterocycles. The van der Waals surface area contributed by atoms with Crippen molar-refractivity contribution in [2.24, 2.45) is 0 Å². The summed E-state index contributed by atoms with van der Waals surface area (Å²) in [6.07, 6.45) is 0.595. The van der Waals surface area contributed by atoms with Gasteiger partial charge in [0.2, 0.25) is 0 Å². The molecule has 1 atom stereocenters. The number of hydrogen-bond acceptors (Lipinski definition) is 3. The number of aliphatic hydroxyl groups excluding tert-OH is 1. The summed E-state index contributed by atoms with van der Waals surface area (Å²) in [6.45, 7) is 0.179. The number of piperidine rings is 1. The highest BCUT2D eigenvalue weighted by atomic mass is 16.5. The average molecular weight is 130 g/mol. The van der Waals surface area contributed by atoms with Crippen molar-refractivity contribution >= 4 is 5.84 Å². The van der Waals surface area contributed by atoms with Gasteiger partial charge >= 0.3 is 0 Å². The van der Waals surface area contributed by atoms with Crippen LogP contribution in [-0.2, 0) is 0 Å². The summed E-state index contributed by atoms with van der Waals surface area (Å²) in [4.78, 5) is 0. The van der Waals surface area contributed by atoms with Crippen LogP contribution in [0.2, 0.25) is 0 Å². The van der Waals surface area contributed by atoms with E-state index in [1.54, 1.807) is 0 Å². The highest BCUT2D eigenvalue weighted by Gasteiger charge is 2.19. The highest BCUT2D eigenvalue weighted by Crippen LogP contribution is 2.08. The van der Waals surface area contributed by atoms with Gasteiger partial charge in [0.25, 0.3) is 0 Å². The molecule has 1 aliphatic rings. The van der Waals surface area contributed by atoms with Crippen molar-refractivity contribution in [1.82, 2.24) is 5.06 Å². The summed E-state index contributed by atoms with van der Waals surface area (Å²) in [5.74, 6) is 0.195. The van der Waals surface area contributed by atoms with E-state index in [0.717, 1.165) is 5.06 Å². The maximum atomic E-state index is 8.90. The fourth-order valence-electron chi connectivity index (χ4n) is 0.833. The first-order valence-corrected chi connectivity index (χ1v) is 2.92. The molecule has 0 aromatic rings. The lowest BCUT2D eigenvalue weighted by Gasteiger charge is -2.26. The Balaban J connectivity index is 2.44. The van der Waals surface area contributed by atoms with Crippen LogP contribution >= 0.6 is 0 Å². The molecule has 0 aromatic heterocycles. The maximum Gasteiger partial charge on any atom is 0.121 e. The summed E-state index contributed by atoms with van der Waals surface area (Å²) in [5.41, 5.74) is 0. The number of aliphatic hydroxyl groups is 1. The summed E-state index contributed by atoms with van der Waals surface area (Å²) < 4.78 is 0. The van der Waals surface area contributed by atoms with Gasteiger partial charge in [0.15, 0.2) is 0 Å². The largest absolute Gasteiger partial charge is 0.391 e. The molecule has 1 aliphatic heterocycles. The van der Waals surface area contributed by atoms with E-state index in [1.807, 2.05) is 0 Å². The Morgan fingerprint density at radius 3 is 2.78 bits per heavy atom. The Bertz CT molecular complexity index is 126. The van der Waals surface area contributed by atoms with Gasteiger partial charge in [-0.25, -0.2) is 5.06 Å². The van der Waals surface area contributed by atoms with Crippen LogP contribution in [0.15, 0.2) is 0 Å². The Labute approximate surface area is 53.2 Å². The number of nitrogens with zero attached hydrogens (tertiary/aromatic N) is 1. The second kappa shape index (κ2) is 2.33. The number of amidine groups is 1. The quantitative estimate of drug-likeness (QED) is 0.425. The molecule has 0 saturated carbocycles. The Kier molecular flexibility index (Phi) is 1.68. The van der Waals surface area contributed by atoms with E-state index in [4.69, 9.17) is 15.7 Å². The lowest BCUT2D eigenvalue weighted by molar-refractivity contribution is -0.0613. The van der Waals surface area contributed by atoms with E-state index in [2.05, 4.69) is 0 Å². The van der Waals surface area contributed by atoms with Crippen molar-refractivity contribution in [3.63, 3.8) is 0 Å². The van der Waals surface area contributed by atoms with Gasteiger partial charge in [0.1, 0.15) is 5.84 Å². The molecule has 1 rings (SSSR count). The van der Waals surface area contributed by atoms with E-state index in [1.165, 1.54) is 0 Å². The Morgan fingerprint density at radius 2 is 2.33 bits per heavy atom. The van der Waals surface area contributed by atoms with E-state index < -0.39 is 6.10 Å². The molecule has 0 radical (unpaired) electrons. The highest BCUT2D eigenvalue weighted by molar-refractivity contribution is 5.78. The normalized spacial score (nSPS) is 28.9. The average Bonchev–Trinajstić information content (AvgIpc) is 1.80. The fourth-order valence-corrected chi connectivity index (χ4v) is 0.833. The van der Waals surface area contributed by atoms with Crippen molar-refractivity contribution in [2.45, 2.75) is 18.9 Å². The predicted molar refractivity (Wildman–Crippen MR) is 31.5 cm³/mol. The van der Waals surface area contributed by atoms with Crippen LogP contribution in [0.4, 0.5) is 0 Å². The molecule has 4 nitrogen and oxygen atoms in total. The minimum absolute atomic E-state index is 0.179. The molecule has 1 heterocycles. The molecule has 3 N–H and O–H groups in total.